The molecule has 4 nitrogen and oxygen atoms in total. The van der Waals surface area contributed by atoms with Crippen molar-refractivity contribution in [2.45, 2.75) is 38.6 Å². The van der Waals surface area contributed by atoms with E-state index in [4.69, 9.17) is 9.72 Å². The van der Waals surface area contributed by atoms with E-state index in [0.29, 0.717) is 13.0 Å². The topological polar surface area (TPSA) is 42.4 Å². The van der Waals surface area contributed by atoms with Crippen LogP contribution in [0.4, 0.5) is 0 Å². The summed E-state index contributed by atoms with van der Waals surface area (Å²) in [6.45, 7) is 3.45. The first kappa shape index (κ1) is 18.0. The summed E-state index contributed by atoms with van der Waals surface area (Å²) in [5.41, 5.74) is 2.25. The number of nitrogens with zero attached hydrogens (tertiary/aromatic N) is 2. The molecule has 0 bridgehead atoms. The minimum absolute atomic E-state index is 0.132. The average molecular weight is 381 g/mol. The highest BCUT2D eigenvalue weighted by atomic mass is 32.1. The second-order valence-electron chi connectivity index (χ2n) is 7.03. The molecule has 1 aliphatic heterocycles. The van der Waals surface area contributed by atoms with Gasteiger partial charge in [-0.05, 0) is 50.5 Å². The molecule has 2 aromatic carbocycles. The zero-order chi connectivity index (χ0) is 18.6. The third kappa shape index (κ3) is 4.14. The summed E-state index contributed by atoms with van der Waals surface area (Å²) >= 11 is 1.71. The number of likely N-dealkylation sites (tertiary alicyclic amines) is 1. The molecule has 140 valence electrons. The average Bonchev–Trinajstić information content (AvgIpc) is 3.33. The van der Waals surface area contributed by atoms with Gasteiger partial charge in [-0.3, -0.25) is 4.79 Å². The van der Waals surface area contributed by atoms with Crippen LogP contribution in [0.15, 0.2) is 48.5 Å². The molecule has 2 heterocycles. The van der Waals surface area contributed by atoms with Crippen molar-refractivity contribution in [3.8, 4) is 5.75 Å². The lowest BCUT2D eigenvalue weighted by Crippen LogP contribution is -2.30. The van der Waals surface area contributed by atoms with Crippen molar-refractivity contribution in [2.24, 2.45) is 0 Å². The highest BCUT2D eigenvalue weighted by Gasteiger charge is 2.31. The number of aromatic nitrogens is 1. The molecule has 1 saturated heterocycles. The Labute approximate surface area is 163 Å². The lowest BCUT2D eigenvalue weighted by atomic mass is 10.2. The number of thiazole rings is 1. The second-order valence-corrected chi connectivity index (χ2v) is 8.09. The number of amides is 1. The highest BCUT2D eigenvalue weighted by Crippen LogP contribution is 2.36. The molecule has 0 spiro atoms. The molecular weight excluding hydrogens is 356 g/mol. The largest absolute Gasteiger partial charge is 0.494 e. The van der Waals surface area contributed by atoms with Crippen molar-refractivity contribution in [2.75, 3.05) is 13.2 Å². The van der Waals surface area contributed by atoms with Crippen LogP contribution in [0.5, 0.6) is 5.75 Å². The van der Waals surface area contributed by atoms with Crippen LogP contribution in [-0.2, 0) is 4.79 Å². The number of carbonyl (C=O) groups is 1. The highest BCUT2D eigenvalue weighted by molar-refractivity contribution is 7.18. The molecule has 4 rings (SSSR count). The van der Waals surface area contributed by atoms with Gasteiger partial charge in [0.05, 0.1) is 22.9 Å². The molecule has 1 amide bonds. The van der Waals surface area contributed by atoms with E-state index in [1.807, 2.05) is 47.4 Å². The van der Waals surface area contributed by atoms with Gasteiger partial charge in [-0.1, -0.05) is 29.8 Å². The lowest BCUT2D eigenvalue weighted by Gasteiger charge is -2.23. The number of fused-ring (bicyclic) bond motifs is 1. The molecule has 5 heteroatoms. The summed E-state index contributed by atoms with van der Waals surface area (Å²) in [5, 5.41) is 1.07. The van der Waals surface area contributed by atoms with Crippen LogP contribution in [-0.4, -0.2) is 28.9 Å². The maximum atomic E-state index is 12.7. The summed E-state index contributed by atoms with van der Waals surface area (Å²) in [6.07, 6.45) is 3.31. The number of aryl methyl sites for hydroxylation is 1. The molecule has 0 N–H and O–H groups in total. The Morgan fingerprint density at radius 2 is 2.04 bits per heavy atom. The minimum Gasteiger partial charge on any atom is -0.494 e. The number of ether oxygens (including phenoxy) is 1. The Kier molecular flexibility index (Phi) is 5.39. The van der Waals surface area contributed by atoms with Crippen molar-refractivity contribution >= 4 is 27.5 Å². The third-order valence-corrected chi connectivity index (χ3v) is 6.13. The Hall–Kier alpha value is -2.40. The molecule has 0 saturated carbocycles. The number of hydrogen-bond donors (Lipinski definition) is 0. The number of hydrogen-bond acceptors (Lipinski definition) is 4. The Morgan fingerprint density at radius 3 is 2.85 bits per heavy atom. The first-order chi connectivity index (χ1) is 13.2. The summed E-state index contributed by atoms with van der Waals surface area (Å²) in [6, 6.07) is 16.3. The Bertz CT molecular complexity index is 886. The van der Waals surface area contributed by atoms with Crippen LogP contribution in [0.2, 0.25) is 0 Å². The van der Waals surface area contributed by atoms with E-state index < -0.39 is 0 Å². The fourth-order valence-corrected chi connectivity index (χ4v) is 4.66. The molecule has 1 aromatic heterocycles. The number of rotatable bonds is 6. The van der Waals surface area contributed by atoms with Crippen LogP contribution in [0.3, 0.4) is 0 Å². The van der Waals surface area contributed by atoms with Gasteiger partial charge in [0.2, 0.25) is 5.91 Å². The molecule has 1 aliphatic rings. The maximum absolute atomic E-state index is 12.7. The molecule has 0 unspecified atom stereocenters. The molecule has 0 radical (unpaired) electrons. The van der Waals surface area contributed by atoms with Crippen molar-refractivity contribution in [3.05, 3.63) is 59.1 Å². The van der Waals surface area contributed by atoms with Crippen LogP contribution >= 0.6 is 11.3 Å². The van der Waals surface area contributed by atoms with Gasteiger partial charge in [-0.15, -0.1) is 11.3 Å². The molecule has 1 atom stereocenters. The standard InChI is InChI=1S/C22H24N2O2S/c1-16-10-12-17(13-11-16)26-15-5-9-21(25)24-14-4-7-19(24)22-23-18-6-2-3-8-20(18)27-22/h2-3,6,8,10-13,19H,4-5,7,9,14-15H2,1H3/t19-/m1/s1. The van der Waals surface area contributed by atoms with Crippen molar-refractivity contribution < 1.29 is 9.53 Å². The maximum Gasteiger partial charge on any atom is 0.223 e. The van der Waals surface area contributed by atoms with Crippen molar-refractivity contribution in [3.63, 3.8) is 0 Å². The van der Waals surface area contributed by atoms with E-state index in [0.717, 1.165) is 42.1 Å². The van der Waals surface area contributed by atoms with Crippen LogP contribution in [0, 0.1) is 6.92 Å². The first-order valence-electron chi connectivity index (χ1n) is 9.55. The van der Waals surface area contributed by atoms with E-state index in [1.54, 1.807) is 11.3 Å². The van der Waals surface area contributed by atoms with Gasteiger partial charge >= 0.3 is 0 Å². The predicted molar refractivity (Wildman–Crippen MR) is 109 cm³/mol. The van der Waals surface area contributed by atoms with E-state index in [-0.39, 0.29) is 11.9 Å². The second kappa shape index (κ2) is 8.09. The van der Waals surface area contributed by atoms with Crippen molar-refractivity contribution in [1.82, 2.24) is 9.88 Å². The summed E-state index contributed by atoms with van der Waals surface area (Å²) in [4.78, 5) is 19.5. The monoisotopic (exact) mass is 380 g/mol. The summed E-state index contributed by atoms with van der Waals surface area (Å²) in [5.74, 6) is 1.07. The van der Waals surface area contributed by atoms with Crippen LogP contribution < -0.4 is 4.74 Å². The van der Waals surface area contributed by atoms with Gasteiger partial charge < -0.3 is 9.64 Å². The van der Waals surface area contributed by atoms with Gasteiger partial charge in [0.1, 0.15) is 10.8 Å². The zero-order valence-corrected chi connectivity index (χ0v) is 16.4. The van der Waals surface area contributed by atoms with Gasteiger partial charge in [-0.2, -0.15) is 0 Å². The number of benzene rings is 2. The minimum atomic E-state index is 0.132. The van der Waals surface area contributed by atoms with Gasteiger partial charge in [0.25, 0.3) is 0 Å². The van der Waals surface area contributed by atoms with Gasteiger partial charge in [-0.25, -0.2) is 4.98 Å². The predicted octanol–water partition coefficient (Wildman–Crippen LogP) is 5.13. The Morgan fingerprint density at radius 1 is 1.22 bits per heavy atom. The molecular formula is C22H24N2O2S. The third-order valence-electron chi connectivity index (χ3n) is 4.99. The van der Waals surface area contributed by atoms with Crippen LogP contribution in [0.25, 0.3) is 10.2 Å². The fourth-order valence-electron chi connectivity index (χ4n) is 3.55. The quantitative estimate of drug-likeness (QED) is 0.557. The molecule has 0 aliphatic carbocycles. The van der Waals surface area contributed by atoms with Crippen molar-refractivity contribution in [1.29, 1.82) is 0 Å². The summed E-state index contributed by atoms with van der Waals surface area (Å²) in [7, 11) is 0. The van der Waals surface area contributed by atoms with Crippen LogP contribution in [0.1, 0.15) is 42.3 Å². The number of carbonyl (C=O) groups excluding carboxylic acids is 1. The lowest BCUT2D eigenvalue weighted by molar-refractivity contribution is -0.132. The van der Waals surface area contributed by atoms with E-state index in [9.17, 15) is 4.79 Å². The van der Waals surface area contributed by atoms with Gasteiger partial charge in [0, 0.05) is 13.0 Å². The summed E-state index contributed by atoms with van der Waals surface area (Å²) < 4.78 is 6.94. The molecule has 27 heavy (non-hydrogen) atoms. The number of para-hydroxylation sites is 1. The smallest absolute Gasteiger partial charge is 0.223 e. The normalized spacial score (nSPS) is 16.8. The van der Waals surface area contributed by atoms with Gasteiger partial charge in [0.15, 0.2) is 0 Å². The molecule has 3 aromatic rings. The van der Waals surface area contributed by atoms with E-state index in [2.05, 4.69) is 13.0 Å². The molecule has 1 fully saturated rings. The first-order valence-corrected chi connectivity index (χ1v) is 10.4. The van der Waals surface area contributed by atoms with E-state index >= 15 is 0 Å². The fraction of sp³-hybridized carbons (Fsp3) is 0.364. The Balaban J connectivity index is 1.32. The van der Waals surface area contributed by atoms with E-state index in [1.165, 1.54) is 10.3 Å². The zero-order valence-electron chi connectivity index (χ0n) is 15.6. The SMILES string of the molecule is Cc1ccc(OCCCC(=O)N2CCC[C@@H]2c2nc3ccccc3s2)cc1.